The van der Waals surface area contributed by atoms with Gasteiger partial charge in [0.05, 0.1) is 6.20 Å². The van der Waals surface area contributed by atoms with E-state index < -0.39 is 0 Å². The van der Waals surface area contributed by atoms with Gasteiger partial charge in [-0.05, 0) is 31.0 Å². The number of nitrogens with zero attached hydrogens (tertiary/aromatic N) is 2. The second-order valence-electron chi connectivity index (χ2n) is 4.73. The van der Waals surface area contributed by atoms with E-state index in [2.05, 4.69) is 27.5 Å². The maximum atomic E-state index is 6.15. The van der Waals surface area contributed by atoms with Gasteiger partial charge in [0.2, 0.25) is 5.95 Å². The summed E-state index contributed by atoms with van der Waals surface area (Å²) in [5, 5.41) is 7.66. The summed E-state index contributed by atoms with van der Waals surface area (Å²) in [7, 11) is 0. The zero-order valence-electron chi connectivity index (χ0n) is 12.0. The molecule has 0 aliphatic carbocycles. The van der Waals surface area contributed by atoms with Crippen LogP contribution in [0.2, 0.25) is 10.0 Å². The lowest BCUT2D eigenvalue weighted by Gasteiger charge is -2.16. The Balaban J connectivity index is 2.12. The Morgan fingerprint density at radius 2 is 1.90 bits per heavy atom. The predicted molar refractivity (Wildman–Crippen MR) is 89.3 cm³/mol. The average Bonchev–Trinajstić information content (AvgIpc) is 2.48. The molecule has 2 rings (SSSR count). The molecule has 0 fully saturated rings. The van der Waals surface area contributed by atoms with Crippen LogP contribution in [-0.4, -0.2) is 16.5 Å². The molecule has 1 atom stereocenters. The second kappa shape index (κ2) is 7.48. The number of halogens is 2. The quantitative estimate of drug-likeness (QED) is 0.802. The third-order valence-corrected chi connectivity index (χ3v) is 3.53. The van der Waals surface area contributed by atoms with Gasteiger partial charge in [-0.3, -0.25) is 0 Å². The minimum absolute atomic E-state index is 0.0636. The molecule has 6 heteroatoms. The second-order valence-corrected chi connectivity index (χ2v) is 5.58. The fraction of sp³-hybridized carbons (Fsp3) is 0.333. The van der Waals surface area contributed by atoms with E-state index in [0.717, 1.165) is 23.6 Å². The van der Waals surface area contributed by atoms with Gasteiger partial charge in [0.25, 0.3) is 0 Å². The van der Waals surface area contributed by atoms with Gasteiger partial charge in [0.15, 0.2) is 5.82 Å². The van der Waals surface area contributed by atoms with Gasteiger partial charge < -0.3 is 10.6 Å². The van der Waals surface area contributed by atoms with Crippen LogP contribution in [-0.2, 0) is 0 Å². The van der Waals surface area contributed by atoms with Gasteiger partial charge in [-0.15, -0.1) is 0 Å². The van der Waals surface area contributed by atoms with Crippen LogP contribution in [0.15, 0.2) is 30.5 Å². The minimum atomic E-state index is 0.0636. The molecule has 1 heterocycles. The third-order valence-electron chi connectivity index (χ3n) is 3.00. The Morgan fingerprint density at radius 1 is 1.19 bits per heavy atom. The van der Waals surface area contributed by atoms with Crippen molar-refractivity contribution >= 4 is 35.0 Å². The molecule has 0 saturated carbocycles. The first kappa shape index (κ1) is 15.9. The molecule has 112 valence electrons. The molecule has 1 aromatic carbocycles. The van der Waals surface area contributed by atoms with Crippen LogP contribution in [0.1, 0.15) is 31.9 Å². The summed E-state index contributed by atoms with van der Waals surface area (Å²) in [5.74, 6) is 1.19. The summed E-state index contributed by atoms with van der Waals surface area (Å²) in [4.78, 5) is 8.56. The number of anilines is 2. The number of benzene rings is 1. The zero-order chi connectivity index (χ0) is 15.2. The van der Waals surface area contributed by atoms with E-state index in [4.69, 9.17) is 23.2 Å². The van der Waals surface area contributed by atoms with Crippen LogP contribution in [0.4, 0.5) is 11.8 Å². The molecule has 0 radical (unpaired) electrons. The first-order chi connectivity index (χ1) is 10.1. The highest BCUT2D eigenvalue weighted by molar-refractivity contribution is 6.32. The molecular weight excluding hydrogens is 307 g/mol. The predicted octanol–water partition coefficient (Wildman–Crippen LogP) is 4.78. The maximum absolute atomic E-state index is 6.15. The molecule has 0 aliphatic heterocycles. The summed E-state index contributed by atoms with van der Waals surface area (Å²) in [5.41, 5.74) is 1.11. The van der Waals surface area contributed by atoms with Gasteiger partial charge >= 0.3 is 0 Å². The maximum Gasteiger partial charge on any atom is 0.224 e. The standard InChI is InChI=1S/C15H18Cl2N4/c1-3-8-18-15-19-9-13(17)14(21-15)20-10(2)11-4-6-12(16)7-5-11/h4-7,9-10H,3,8H2,1-2H3,(H2,18,19,20,21). The highest BCUT2D eigenvalue weighted by atomic mass is 35.5. The lowest BCUT2D eigenvalue weighted by Crippen LogP contribution is -2.11. The molecule has 0 amide bonds. The van der Waals surface area contributed by atoms with E-state index in [-0.39, 0.29) is 6.04 Å². The van der Waals surface area contributed by atoms with E-state index in [9.17, 15) is 0 Å². The van der Waals surface area contributed by atoms with Crippen LogP contribution < -0.4 is 10.6 Å². The van der Waals surface area contributed by atoms with Gasteiger partial charge in [-0.1, -0.05) is 42.3 Å². The molecule has 0 aliphatic rings. The van der Waals surface area contributed by atoms with Crippen molar-refractivity contribution in [2.45, 2.75) is 26.3 Å². The van der Waals surface area contributed by atoms with Crippen LogP contribution in [0, 0.1) is 0 Å². The van der Waals surface area contributed by atoms with Crippen LogP contribution in [0.25, 0.3) is 0 Å². The summed E-state index contributed by atoms with van der Waals surface area (Å²) in [6, 6.07) is 7.75. The smallest absolute Gasteiger partial charge is 0.224 e. The van der Waals surface area contributed by atoms with E-state index in [1.165, 1.54) is 0 Å². The average molecular weight is 325 g/mol. The first-order valence-electron chi connectivity index (χ1n) is 6.88. The number of aromatic nitrogens is 2. The molecule has 1 aromatic heterocycles. The van der Waals surface area contributed by atoms with Crippen molar-refractivity contribution < 1.29 is 0 Å². The minimum Gasteiger partial charge on any atom is -0.362 e. The molecule has 4 nitrogen and oxygen atoms in total. The van der Waals surface area contributed by atoms with Crippen molar-refractivity contribution in [2.75, 3.05) is 17.2 Å². The Labute approximate surface area is 134 Å². The number of rotatable bonds is 6. The Hall–Kier alpha value is -1.52. The third kappa shape index (κ3) is 4.48. The Morgan fingerprint density at radius 3 is 2.57 bits per heavy atom. The van der Waals surface area contributed by atoms with Gasteiger partial charge in [-0.2, -0.15) is 4.98 Å². The lowest BCUT2D eigenvalue weighted by molar-refractivity contribution is 0.870. The molecule has 21 heavy (non-hydrogen) atoms. The van der Waals surface area contributed by atoms with Crippen molar-refractivity contribution in [1.29, 1.82) is 0 Å². The highest BCUT2D eigenvalue weighted by Crippen LogP contribution is 2.25. The van der Waals surface area contributed by atoms with Crippen molar-refractivity contribution in [3.8, 4) is 0 Å². The number of hydrogen-bond donors (Lipinski definition) is 2. The molecule has 0 bridgehead atoms. The Kier molecular flexibility index (Phi) is 5.65. The lowest BCUT2D eigenvalue weighted by atomic mass is 10.1. The summed E-state index contributed by atoms with van der Waals surface area (Å²) < 4.78 is 0. The van der Waals surface area contributed by atoms with Crippen LogP contribution in [0.5, 0.6) is 0 Å². The van der Waals surface area contributed by atoms with E-state index in [1.807, 2.05) is 31.2 Å². The normalized spacial score (nSPS) is 12.0. The van der Waals surface area contributed by atoms with Gasteiger partial charge in [0.1, 0.15) is 5.02 Å². The largest absolute Gasteiger partial charge is 0.362 e. The van der Waals surface area contributed by atoms with Crippen molar-refractivity contribution in [2.24, 2.45) is 0 Å². The van der Waals surface area contributed by atoms with Crippen LogP contribution in [0.3, 0.4) is 0 Å². The molecular formula is C15H18Cl2N4. The monoisotopic (exact) mass is 324 g/mol. The number of hydrogen-bond acceptors (Lipinski definition) is 4. The zero-order valence-corrected chi connectivity index (χ0v) is 13.5. The van der Waals surface area contributed by atoms with Crippen molar-refractivity contribution in [3.63, 3.8) is 0 Å². The first-order valence-corrected chi connectivity index (χ1v) is 7.64. The molecule has 2 aromatic rings. The molecule has 0 saturated heterocycles. The molecule has 0 spiro atoms. The summed E-state index contributed by atoms with van der Waals surface area (Å²) >= 11 is 12.1. The summed E-state index contributed by atoms with van der Waals surface area (Å²) in [6.45, 7) is 4.96. The van der Waals surface area contributed by atoms with E-state index >= 15 is 0 Å². The fourth-order valence-corrected chi connectivity index (χ4v) is 2.10. The Bertz CT molecular complexity index is 587. The van der Waals surface area contributed by atoms with Gasteiger partial charge in [-0.25, -0.2) is 4.98 Å². The fourth-order valence-electron chi connectivity index (χ4n) is 1.83. The van der Waals surface area contributed by atoms with Gasteiger partial charge in [0, 0.05) is 17.6 Å². The topological polar surface area (TPSA) is 49.8 Å². The van der Waals surface area contributed by atoms with Crippen molar-refractivity contribution in [1.82, 2.24) is 9.97 Å². The van der Waals surface area contributed by atoms with Crippen molar-refractivity contribution in [3.05, 3.63) is 46.1 Å². The van der Waals surface area contributed by atoms with E-state index in [1.54, 1.807) is 6.20 Å². The highest BCUT2D eigenvalue weighted by Gasteiger charge is 2.10. The molecule has 2 N–H and O–H groups in total. The SMILES string of the molecule is CCCNc1ncc(Cl)c(NC(C)c2ccc(Cl)cc2)n1. The number of nitrogens with one attached hydrogen (secondary N) is 2. The van der Waals surface area contributed by atoms with E-state index in [0.29, 0.717) is 16.8 Å². The molecule has 1 unspecified atom stereocenters. The van der Waals surface area contributed by atoms with Crippen LogP contribution >= 0.6 is 23.2 Å². The summed E-state index contributed by atoms with van der Waals surface area (Å²) in [6.07, 6.45) is 2.61.